The largest absolute Gasteiger partial charge is 0.459 e. The molecule has 1 aromatic carbocycles. The molecule has 2 aliphatic heterocycles. The minimum absolute atomic E-state index is 0.146. The Morgan fingerprint density at radius 3 is 2.37 bits per heavy atom. The first-order valence-electron chi connectivity index (χ1n) is 8.74. The third-order valence-electron chi connectivity index (χ3n) is 4.98. The van der Waals surface area contributed by atoms with E-state index in [0.29, 0.717) is 42.6 Å². The van der Waals surface area contributed by atoms with Crippen LogP contribution in [-0.2, 0) is 9.59 Å². The van der Waals surface area contributed by atoms with Crippen molar-refractivity contribution in [2.45, 2.75) is 12.5 Å². The van der Waals surface area contributed by atoms with Crippen LogP contribution in [-0.4, -0.2) is 59.7 Å². The maximum atomic E-state index is 12.8. The zero-order valence-corrected chi connectivity index (χ0v) is 15.3. The van der Waals surface area contributed by atoms with Crippen LogP contribution in [0.25, 0.3) is 0 Å². The van der Waals surface area contributed by atoms with Crippen molar-refractivity contribution in [3.63, 3.8) is 0 Å². The normalized spacial score (nSPS) is 21.1. The average molecular weight is 388 g/mol. The van der Waals surface area contributed by atoms with Crippen molar-refractivity contribution in [3.8, 4) is 0 Å². The molecule has 8 heteroatoms. The number of furan rings is 1. The Balaban J connectivity index is 1.41. The highest BCUT2D eigenvalue weighted by Crippen LogP contribution is 2.27. The molecule has 2 fully saturated rings. The van der Waals surface area contributed by atoms with Gasteiger partial charge in [0, 0.05) is 31.2 Å². The zero-order chi connectivity index (χ0) is 19.0. The predicted octanol–water partition coefficient (Wildman–Crippen LogP) is 2.02. The summed E-state index contributed by atoms with van der Waals surface area (Å²) >= 11 is 5.88. The lowest BCUT2D eigenvalue weighted by molar-refractivity contribution is -0.123. The van der Waals surface area contributed by atoms with Gasteiger partial charge in [0.25, 0.3) is 11.8 Å². The number of hydrogen-bond donors (Lipinski definition) is 0. The van der Waals surface area contributed by atoms with Gasteiger partial charge in [-0.3, -0.25) is 19.3 Å². The smallest absolute Gasteiger partial charge is 0.289 e. The van der Waals surface area contributed by atoms with Crippen LogP contribution < -0.4 is 4.90 Å². The van der Waals surface area contributed by atoms with Gasteiger partial charge in [-0.25, -0.2) is 4.90 Å². The molecule has 2 aromatic rings. The monoisotopic (exact) mass is 387 g/mol. The average Bonchev–Trinajstić information content (AvgIpc) is 3.31. The summed E-state index contributed by atoms with van der Waals surface area (Å²) in [7, 11) is 0. The summed E-state index contributed by atoms with van der Waals surface area (Å²) in [6, 6.07) is 9.47. The molecule has 0 saturated carbocycles. The fourth-order valence-electron chi connectivity index (χ4n) is 3.56. The van der Waals surface area contributed by atoms with E-state index in [4.69, 9.17) is 16.0 Å². The summed E-state index contributed by atoms with van der Waals surface area (Å²) in [5, 5.41) is 0.548. The summed E-state index contributed by atoms with van der Waals surface area (Å²) in [4.78, 5) is 42.5. The van der Waals surface area contributed by atoms with Gasteiger partial charge in [0.15, 0.2) is 5.76 Å². The number of imide groups is 1. The van der Waals surface area contributed by atoms with Gasteiger partial charge in [0.05, 0.1) is 24.4 Å². The second-order valence-corrected chi connectivity index (χ2v) is 7.01. The molecule has 4 rings (SSSR count). The number of carbonyl (C=O) groups excluding carboxylic acids is 3. The van der Waals surface area contributed by atoms with Gasteiger partial charge >= 0.3 is 0 Å². The van der Waals surface area contributed by atoms with Gasteiger partial charge in [0.1, 0.15) is 0 Å². The highest BCUT2D eigenvalue weighted by atomic mass is 35.5. The third kappa shape index (κ3) is 3.36. The molecule has 7 nitrogen and oxygen atoms in total. The van der Waals surface area contributed by atoms with Crippen molar-refractivity contribution >= 4 is 35.0 Å². The lowest BCUT2D eigenvalue weighted by atomic mass is 10.1. The Kier molecular flexibility index (Phi) is 4.72. The van der Waals surface area contributed by atoms with E-state index in [-0.39, 0.29) is 24.1 Å². The molecule has 0 N–H and O–H groups in total. The summed E-state index contributed by atoms with van der Waals surface area (Å²) in [6.45, 7) is 2.03. The van der Waals surface area contributed by atoms with E-state index in [1.165, 1.54) is 11.2 Å². The van der Waals surface area contributed by atoms with E-state index < -0.39 is 6.04 Å². The summed E-state index contributed by atoms with van der Waals surface area (Å²) < 4.78 is 5.16. The SMILES string of the molecule is O=C(c1ccco1)N1CCN([C@H]2CC(=O)N(c3ccc(Cl)cc3)C2=O)CC1. The first kappa shape index (κ1) is 17.8. The number of amides is 3. The number of nitrogens with zero attached hydrogens (tertiary/aromatic N) is 3. The molecule has 1 atom stereocenters. The van der Waals surface area contributed by atoms with E-state index in [2.05, 4.69) is 0 Å². The minimum atomic E-state index is -0.492. The Bertz CT molecular complexity index is 858. The van der Waals surface area contributed by atoms with E-state index >= 15 is 0 Å². The topological polar surface area (TPSA) is 74.1 Å². The molecular formula is C19H18ClN3O4. The van der Waals surface area contributed by atoms with Crippen LogP contribution in [0.3, 0.4) is 0 Å². The maximum Gasteiger partial charge on any atom is 0.289 e. The Labute approximate surface area is 161 Å². The van der Waals surface area contributed by atoms with Crippen molar-refractivity contribution in [1.82, 2.24) is 9.80 Å². The first-order chi connectivity index (χ1) is 13.0. The second kappa shape index (κ2) is 7.17. The maximum absolute atomic E-state index is 12.8. The Morgan fingerprint density at radius 1 is 1.04 bits per heavy atom. The minimum Gasteiger partial charge on any atom is -0.459 e. The third-order valence-corrected chi connectivity index (χ3v) is 5.23. The van der Waals surface area contributed by atoms with Crippen molar-refractivity contribution in [2.24, 2.45) is 0 Å². The molecule has 2 saturated heterocycles. The molecule has 3 amide bonds. The number of anilines is 1. The number of carbonyl (C=O) groups is 3. The van der Waals surface area contributed by atoms with Gasteiger partial charge in [0.2, 0.25) is 5.91 Å². The highest BCUT2D eigenvalue weighted by Gasteiger charge is 2.43. The molecule has 27 heavy (non-hydrogen) atoms. The standard InChI is InChI=1S/C19H18ClN3O4/c20-13-3-5-14(6-4-13)23-17(24)12-15(18(23)25)21-7-9-22(10-8-21)19(26)16-2-1-11-27-16/h1-6,11,15H,7-10,12H2/t15-/m0/s1. The highest BCUT2D eigenvalue weighted by molar-refractivity contribution is 6.30. The lowest BCUT2D eigenvalue weighted by Gasteiger charge is -2.36. The van der Waals surface area contributed by atoms with Crippen molar-refractivity contribution < 1.29 is 18.8 Å². The van der Waals surface area contributed by atoms with Gasteiger partial charge in [-0.1, -0.05) is 11.6 Å². The van der Waals surface area contributed by atoms with Crippen LogP contribution in [0.5, 0.6) is 0 Å². The van der Waals surface area contributed by atoms with Crippen molar-refractivity contribution in [3.05, 3.63) is 53.4 Å². The molecular weight excluding hydrogens is 370 g/mol. The fourth-order valence-corrected chi connectivity index (χ4v) is 3.68. The molecule has 0 radical (unpaired) electrons. The van der Waals surface area contributed by atoms with Crippen LogP contribution in [0.4, 0.5) is 5.69 Å². The molecule has 1 aromatic heterocycles. The molecule has 0 unspecified atom stereocenters. The molecule has 3 heterocycles. The lowest BCUT2D eigenvalue weighted by Crippen LogP contribution is -2.53. The van der Waals surface area contributed by atoms with Gasteiger partial charge in [-0.2, -0.15) is 0 Å². The van der Waals surface area contributed by atoms with E-state index in [1.54, 1.807) is 41.3 Å². The second-order valence-electron chi connectivity index (χ2n) is 6.57. The van der Waals surface area contributed by atoms with Crippen LogP contribution >= 0.6 is 11.6 Å². The molecule has 0 bridgehead atoms. The Morgan fingerprint density at radius 2 is 1.74 bits per heavy atom. The van der Waals surface area contributed by atoms with Gasteiger partial charge in [-0.15, -0.1) is 0 Å². The van der Waals surface area contributed by atoms with Gasteiger partial charge in [-0.05, 0) is 36.4 Å². The van der Waals surface area contributed by atoms with Crippen molar-refractivity contribution in [1.29, 1.82) is 0 Å². The fraction of sp³-hybridized carbons (Fsp3) is 0.316. The predicted molar refractivity (Wildman–Crippen MR) is 98.5 cm³/mol. The summed E-state index contributed by atoms with van der Waals surface area (Å²) in [5.41, 5.74) is 0.531. The summed E-state index contributed by atoms with van der Waals surface area (Å²) in [6.07, 6.45) is 1.62. The number of piperazine rings is 1. The van der Waals surface area contributed by atoms with Crippen molar-refractivity contribution in [2.75, 3.05) is 31.1 Å². The molecule has 0 spiro atoms. The number of halogens is 1. The zero-order valence-electron chi connectivity index (χ0n) is 14.5. The number of rotatable bonds is 3. The Hall–Kier alpha value is -2.64. The van der Waals surface area contributed by atoms with Crippen LogP contribution in [0.2, 0.25) is 5.02 Å². The summed E-state index contributed by atoms with van der Waals surface area (Å²) in [5.74, 6) is -0.296. The van der Waals surface area contributed by atoms with Crippen LogP contribution in [0.15, 0.2) is 47.1 Å². The van der Waals surface area contributed by atoms with E-state index in [9.17, 15) is 14.4 Å². The van der Waals surface area contributed by atoms with E-state index in [1.807, 2.05) is 4.90 Å². The van der Waals surface area contributed by atoms with Crippen LogP contribution in [0, 0.1) is 0 Å². The number of benzene rings is 1. The molecule has 140 valence electrons. The van der Waals surface area contributed by atoms with Gasteiger partial charge < -0.3 is 9.32 Å². The number of hydrogen-bond acceptors (Lipinski definition) is 5. The molecule has 0 aliphatic carbocycles. The van der Waals surface area contributed by atoms with E-state index in [0.717, 1.165) is 0 Å². The first-order valence-corrected chi connectivity index (χ1v) is 9.11. The van der Waals surface area contributed by atoms with Crippen LogP contribution in [0.1, 0.15) is 17.0 Å². The molecule has 2 aliphatic rings. The quantitative estimate of drug-likeness (QED) is 0.753.